The number of nitrogens with zero attached hydrogens (tertiary/aromatic N) is 2. The number of aromatic hydroxyl groups is 1. The number of anilines is 1. The Morgan fingerprint density at radius 2 is 1.97 bits per heavy atom. The minimum Gasteiger partial charge on any atom is -0.504 e. The summed E-state index contributed by atoms with van der Waals surface area (Å²) in [5.74, 6) is -0.735. The van der Waals surface area contributed by atoms with Crippen molar-refractivity contribution in [3.05, 3.63) is 53.6 Å². The Morgan fingerprint density at radius 1 is 1.26 bits per heavy atom. The number of hydrazone groups is 1. The van der Waals surface area contributed by atoms with Gasteiger partial charge in [-0.05, 0) is 48.9 Å². The molecule has 2 aromatic carbocycles. The third-order valence-electron chi connectivity index (χ3n) is 3.84. The molecule has 0 aromatic heterocycles. The van der Waals surface area contributed by atoms with E-state index in [-0.39, 0.29) is 17.2 Å². The molecule has 2 aromatic rings. The number of carbonyl (C=O) groups excluding carboxylic acids is 1. The smallest absolute Gasteiger partial charge is 0.416 e. The third kappa shape index (κ3) is 6.88. The van der Waals surface area contributed by atoms with Gasteiger partial charge in [-0.2, -0.15) is 18.3 Å². The van der Waals surface area contributed by atoms with Gasteiger partial charge in [-0.1, -0.05) is 6.07 Å². The minimum absolute atomic E-state index is 0.0760. The predicted molar refractivity (Wildman–Crippen MR) is 109 cm³/mol. The molecule has 8 nitrogen and oxygen atoms in total. The molecule has 0 saturated heterocycles. The van der Waals surface area contributed by atoms with Crippen LogP contribution in [-0.2, 0) is 21.0 Å². The van der Waals surface area contributed by atoms with Crippen LogP contribution in [0, 0.1) is 0 Å². The second-order valence-electron chi connectivity index (χ2n) is 6.27. The maximum absolute atomic E-state index is 12.9. The van der Waals surface area contributed by atoms with Crippen molar-refractivity contribution in [2.75, 3.05) is 23.7 Å². The number of halogens is 3. The summed E-state index contributed by atoms with van der Waals surface area (Å²) in [5.41, 5.74) is 1.23. The summed E-state index contributed by atoms with van der Waals surface area (Å²) in [6.45, 7) is 1.28. The Balaban J connectivity index is 2.14. The number of alkyl halides is 3. The lowest BCUT2D eigenvalue weighted by Crippen LogP contribution is -2.39. The van der Waals surface area contributed by atoms with E-state index < -0.39 is 34.2 Å². The van der Waals surface area contributed by atoms with Crippen LogP contribution in [0.15, 0.2) is 47.6 Å². The SMILES string of the molecule is CCOc1cc(C=NNC(=O)CN(c2cccc(C(F)(F)F)c2)S(C)(=O)=O)ccc1O. The first-order chi connectivity index (χ1) is 14.4. The number of ether oxygens (including phenoxy) is 1. The number of rotatable bonds is 8. The molecule has 0 unspecified atom stereocenters. The fourth-order valence-electron chi connectivity index (χ4n) is 2.46. The molecule has 0 aliphatic heterocycles. The lowest BCUT2D eigenvalue weighted by Gasteiger charge is -2.22. The Labute approximate surface area is 177 Å². The van der Waals surface area contributed by atoms with Crippen LogP contribution < -0.4 is 14.5 Å². The van der Waals surface area contributed by atoms with Gasteiger partial charge >= 0.3 is 6.18 Å². The molecule has 0 saturated carbocycles. The van der Waals surface area contributed by atoms with E-state index in [1.54, 1.807) is 6.92 Å². The molecule has 0 aliphatic carbocycles. The van der Waals surface area contributed by atoms with E-state index in [0.717, 1.165) is 24.5 Å². The lowest BCUT2D eigenvalue weighted by atomic mass is 10.2. The quantitative estimate of drug-likeness (QED) is 0.466. The van der Waals surface area contributed by atoms with Gasteiger partial charge in [-0.25, -0.2) is 13.8 Å². The van der Waals surface area contributed by atoms with Crippen molar-refractivity contribution in [1.82, 2.24) is 5.43 Å². The number of hydrogen-bond acceptors (Lipinski definition) is 6. The van der Waals surface area contributed by atoms with Crippen molar-refractivity contribution >= 4 is 27.8 Å². The summed E-state index contributed by atoms with van der Waals surface area (Å²) in [6, 6.07) is 7.98. The standard InChI is InChI=1S/C19H20F3N3O5S/c1-3-30-17-9-13(7-8-16(17)26)11-23-24-18(27)12-25(31(2,28)29)15-6-4-5-14(10-15)19(20,21)22/h4-11,26H,3,12H2,1-2H3,(H,24,27). The van der Waals surface area contributed by atoms with Gasteiger partial charge in [-0.15, -0.1) is 0 Å². The molecule has 0 spiro atoms. The highest BCUT2D eigenvalue weighted by molar-refractivity contribution is 7.92. The van der Waals surface area contributed by atoms with E-state index in [1.165, 1.54) is 24.4 Å². The topological polar surface area (TPSA) is 108 Å². The van der Waals surface area contributed by atoms with Gasteiger partial charge in [0.2, 0.25) is 10.0 Å². The van der Waals surface area contributed by atoms with Gasteiger partial charge in [0.05, 0.1) is 30.3 Å². The number of phenols is 1. The molecule has 0 radical (unpaired) electrons. The van der Waals surface area contributed by atoms with Crippen LogP contribution in [0.3, 0.4) is 0 Å². The van der Waals surface area contributed by atoms with Gasteiger partial charge in [-0.3, -0.25) is 9.10 Å². The molecule has 0 fully saturated rings. The normalized spacial score (nSPS) is 12.0. The summed E-state index contributed by atoms with van der Waals surface area (Å²) < 4.78 is 68.6. The van der Waals surface area contributed by atoms with E-state index in [1.807, 2.05) is 0 Å². The van der Waals surface area contributed by atoms with Gasteiger partial charge in [0.25, 0.3) is 5.91 Å². The van der Waals surface area contributed by atoms with Gasteiger partial charge < -0.3 is 9.84 Å². The van der Waals surface area contributed by atoms with Crippen LogP contribution in [0.2, 0.25) is 0 Å². The van der Waals surface area contributed by atoms with Gasteiger partial charge in [0.1, 0.15) is 6.54 Å². The maximum Gasteiger partial charge on any atom is 0.416 e. The number of nitrogens with one attached hydrogen (secondary N) is 1. The zero-order valence-corrected chi connectivity index (χ0v) is 17.4. The maximum atomic E-state index is 12.9. The first-order valence-corrected chi connectivity index (χ1v) is 10.7. The monoisotopic (exact) mass is 459 g/mol. The predicted octanol–water partition coefficient (Wildman–Crippen LogP) is 2.73. The highest BCUT2D eigenvalue weighted by atomic mass is 32.2. The molecular formula is C19H20F3N3O5S. The van der Waals surface area contributed by atoms with Crippen LogP contribution in [0.1, 0.15) is 18.1 Å². The Kier molecular flexibility index (Phi) is 7.50. The Morgan fingerprint density at radius 3 is 2.58 bits per heavy atom. The van der Waals surface area contributed by atoms with E-state index >= 15 is 0 Å². The summed E-state index contributed by atoms with van der Waals surface area (Å²) >= 11 is 0. The highest BCUT2D eigenvalue weighted by Crippen LogP contribution is 2.32. The molecule has 0 atom stereocenters. The van der Waals surface area contributed by atoms with E-state index in [2.05, 4.69) is 10.5 Å². The number of carbonyl (C=O) groups is 1. The van der Waals surface area contributed by atoms with Crippen LogP contribution in [0.25, 0.3) is 0 Å². The van der Waals surface area contributed by atoms with Crippen LogP contribution in [0.4, 0.5) is 18.9 Å². The average molecular weight is 459 g/mol. The van der Waals surface area contributed by atoms with Crippen molar-refractivity contribution < 1.29 is 36.2 Å². The molecule has 2 rings (SSSR count). The van der Waals surface area contributed by atoms with Crippen LogP contribution >= 0.6 is 0 Å². The van der Waals surface area contributed by atoms with E-state index in [0.29, 0.717) is 22.5 Å². The van der Waals surface area contributed by atoms with E-state index in [9.17, 15) is 31.5 Å². The van der Waals surface area contributed by atoms with Gasteiger partial charge in [0, 0.05) is 0 Å². The molecule has 1 amide bonds. The van der Waals surface area contributed by atoms with Crippen molar-refractivity contribution in [3.63, 3.8) is 0 Å². The lowest BCUT2D eigenvalue weighted by molar-refractivity contribution is -0.137. The number of amides is 1. The molecule has 12 heteroatoms. The number of benzene rings is 2. The van der Waals surface area contributed by atoms with Crippen LogP contribution in [0.5, 0.6) is 11.5 Å². The molecule has 0 aliphatic rings. The number of hydrogen-bond donors (Lipinski definition) is 2. The molecule has 168 valence electrons. The average Bonchev–Trinajstić information content (AvgIpc) is 2.67. The summed E-state index contributed by atoms with van der Waals surface area (Å²) in [4.78, 5) is 12.2. The summed E-state index contributed by atoms with van der Waals surface area (Å²) in [5, 5.41) is 13.4. The molecule has 2 N–H and O–H groups in total. The molecule has 0 heterocycles. The molecule has 0 bridgehead atoms. The Bertz CT molecular complexity index is 1070. The zero-order valence-electron chi connectivity index (χ0n) is 16.5. The van der Waals surface area contributed by atoms with E-state index in [4.69, 9.17) is 4.74 Å². The fourth-order valence-corrected chi connectivity index (χ4v) is 3.31. The summed E-state index contributed by atoms with van der Waals surface area (Å²) in [7, 11) is -4.06. The number of sulfonamides is 1. The fraction of sp³-hybridized carbons (Fsp3) is 0.263. The third-order valence-corrected chi connectivity index (χ3v) is 4.98. The second kappa shape index (κ2) is 9.69. The first-order valence-electron chi connectivity index (χ1n) is 8.84. The largest absolute Gasteiger partial charge is 0.504 e. The van der Waals surface area contributed by atoms with Crippen molar-refractivity contribution in [2.24, 2.45) is 5.10 Å². The van der Waals surface area contributed by atoms with Gasteiger partial charge in [0.15, 0.2) is 11.5 Å². The van der Waals surface area contributed by atoms with Crippen LogP contribution in [-0.4, -0.2) is 45.1 Å². The minimum atomic E-state index is -4.67. The Hall–Kier alpha value is -3.28. The molecular weight excluding hydrogens is 439 g/mol. The molecule has 31 heavy (non-hydrogen) atoms. The first kappa shape index (κ1) is 24.0. The van der Waals surface area contributed by atoms with Crippen molar-refractivity contribution in [2.45, 2.75) is 13.1 Å². The highest BCUT2D eigenvalue weighted by Gasteiger charge is 2.32. The zero-order chi connectivity index (χ0) is 23.2. The number of phenolic OH excluding ortho intramolecular Hbond substituents is 1. The summed E-state index contributed by atoms with van der Waals surface area (Å²) in [6.07, 6.45) is -2.67. The van der Waals surface area contributed by atoms with Crippen molar-refractivity contribution in [1.29, 1.82) is 0 Å². The van der Waals surface area contributed by atoms with Crippen molar-refractivity contribution in [3.8, 4) is 11.5 Å². The second-order valence-corrected chi connectivity index (χ2v) is 8.18.